The van der Waals surface area contributed by atoms with Gasteiger partial charge in [0, 0.05) is 5.03 Å². The number of halogens is 1. The van der Waals surface area contributed by atoms with Crippen molar-refractivity contribution in [1.29, 1.82) is 0 Å². The zero-order chi connectivity index (χ0) is 17.3. The lowest BCUT2D eigenvalue weighted by Crippen LogP contribution is -2.34. The molecule has 0 bridgehead atoms. The summed E-state index contributed by atoms with van der Waals surface area (Å²) in [5, 5.41) is 0.635. The molecule has 2 amide bonds. The molecule has 1 fully saturated rings. The summed E-state index contributed by atoms with van der Waals surface area (Å²) in [6.07, 6.45) is 2.73. The molecule has 0 aromatic heterocycles. The summed E-state index contributed by atoms with van der Waals surface area (Å²) >= 11 is 4.37. The first-order valence-corrected chi connectivity index (χ1v) is 9.24. The SMILES string of the molecule is Cc1ccc([S@](=O)OCCN2C(=O)[C@H]3CC=C(Cl)C[C@@H]3C2=O)cc1. The predicted octanol–water partition coefficient (Wildman–Crippen LogP) is 2.55. The maximum atomic E-state index is 12.4. The Kier molecular flexibility index (Phi) is 5.18. The minimum atomic E-state index is -1.61. The Labute approximate surface area is 148 Å². The number of hydrogen-bond donors (Lipinski definition) is 0. The Balaban J connectivity index is 1.55. The highest BCUT2D eigenvalue weighted by Crippen LogP contribution is 2.38. The minimum Gasteiger partial charge on any atom is -0.285 e. The Hall–Kier alpha value is -1.50. The van der Waals surface area contributed by atoms with E-state index in [2.05, 4.69) is 0 Å². The number of hydrogen-bond acceptors (Lipinski definition) is 4. The average molecular weight is 368 g/mol. The van der Waals surface area contributed by atoms with Crippen LogP contribution in [0.2, 0.25) is 0 Å². The van der Waals surface area contributed by atoms with Gasteiger partial charge in [-0.25, -0.2) is 4.21 Å². The third kappa shape index (κ3) is 3.45. The third-order valence-corrected chi connectivity index (χ3v) is 5.73. The van der Waals surface area contributed by atoms with Gasteiger partial charge in [-0.3, -0.25) is 18.7 Å². The van der Waals surface area contributed by atoms with Crippen molar-refractivity contribution in [1.82, 2.24) is 4.90 Å². The van der Waals surface area contributed by atoms with Gasteiger partial charge in [-0.2, -0.15) is 0 Å². The molecule has 1 aromatic carbocycles. The molecule has 0 N–H and O–H groups in total. The lowest BCUT2D eigenvalue weighted by molar-refractivity contribution is -0.140. The van der Waals surface area contributed by atoms with E-state index in [-0.39, 0.29) is 36.8 Å². The molecule has 5 nitrogen and oxygen atoms in total. The van der Waals surface area contributed by atoms with Crippen LogP contribution in [0.3, 0.4) is 0 Å². The highest BCUT2D eigenvalue weighted by Gasteiger charge is 2.48. The Morgan fingerprint density at radius 1 is 1.21 bits per heavy atom. The van der Waals surface area contributed by atoms with Crippen LogP contribution in [-0.2, 0) is 24.9 Å². The molecule has 7 heteroatoms. The lowest BCUT2D eigenvalue weighted by Gasteiger charge is -2.17. The standard InChI is InChI=1S/C17H18ClNO4S/c1-11-2-5-13(6-3-11)24(22)23-9-8-19-16(20)14-7-4-12(18)10-15(14)17(19)21/h2-6,14-15H,7-10H2,1H3/t14-,15-,24+/m0/s1. The second-order valence-corrected chi connectivity index (χ2v) is 7.66. The molecular formula is C17H18ClNO4S. The smallest absolute Gasteiger partial charge is 0.233 e. The van der Waals surface area contributed by atoms with E-state index >= 15 is 0 Å². The van der Waals surface area contributed by atoms with Crippen LogP contribution in [0.1, 0.15) is 18.4 Å². The van der Waals surface area contributed by atoms with Gasteiger partial charge < -0.3 is 0 Å². The number of benzene rings is 1. The highest BCUT2D eigenvalue weighted by atomic mass is 35.5. The quantitative estimate of drug-likeness (QED) is 0.750. The number of carbonyl (C=O) groups excluding carboxylic acids is 2. The summed E-state index contributed by atoms with van der Waals surface area (Å²) < 4.78 is 17.3. The minimum absolute atomic E-state index is 0.0402. The molecule has 128 valence electrons. The van der Waals surface area contributed by atoms with Gasteiger partial charge in [0.1, 0.15) is 0 Å². The van der Waals surface area contributed by atoms with E-state index in [1.807, 2.05) is 19.1 Å². The van der Waals surface area contributed by atoms with Gasteiger partial charge in [0.2, 0.25) is 11.8 Å². The Morgan fingerprint density at radius 2 is 1.88 bits per heavy atom. The van der Waals surface area contributed by atoms with Crippen LogP contribution in [0, 0.1) is 18.8 Å². The molecule has 24 heavy (non-hydrogen) atoms. The van der Waals surface area contributed by atoms with Crippen molar-refractivity contribution in [3.63, 3.8) is 0 Å². The Bertz CT molecular complexity index is 716. The molecule has 3 atom stereocenters. The predicted molar refractivity (Wildman–Crippen MR) is 90.4 cm³/mol. The molecule has 0 radical (unpaired) electrons. The summed E-state index contributed by atoms with van der Waals surface area (Å²) in [4.78, 5) is 26.5. The molecule has 2 aliphatic rings. The van der Waals surface area contributed by atoms with Gasteiger partial charge in [0.15, 0.2) is 11.1 Å². The Morgan fingerprint density at radius 3 is 2.58 bits per heavy atom. The zero-order valence-corrected chi connectivity index (χ0v) is 14.8. The average Bonchev–Trinajstić information content (AvgIpc) is 2.79. The van der Waals surface area contributed by atoms with Crippen molar-refractivity contribution >= 4 is 34.5 Å². The number of likely N-dealkylation sites (tertiary alicyclic amines) is 1. The molecular weight excluding hydrogens is 350 g/mol. The van der Waals surface area contributed by atoms with Gasteiger partial charge in [0.25, 0.3) is 0 Å². The van der Waals surface area contributed by atoms with Crippen LogP contribution in [-0.4, -0.2) is 34.1 Å². The van der Waals surface area contributed by atoms with Crippen LogP contribution in [0.15, 0.2) is 40.3 Å². The van der Waals surface area contributed by atoms with Gasteiger partial charge in [-0.1, -0.05) is 35.4 Å². The normalized spacial score (nSPS) is 24.8. The monoisotopic (exact) mass is 367 g/mol. The zero-order valence-electron chi connectivity index (χ0n) is 13.2. The lowest BCUT2D eigenvalue weighted by atomic mass is 9.85. The highest BCUT2D eigenvalue weighted by molar-refractivity contribution is 7.80. The van der Waals surface area contributed by atoms with Gasteiger partial charge in [-0.15, -0.1) is 0 Å². The second kappa shape index (κ2) is 7.17. The fourth-order valence-corrected chi connectivity index (χ4v) is 4.01. The molecule has 1 saturated heterocycles. The second-order valence-electron chi connectivity index (χ2n) is 6.00. The summed E-state index contributed by atoms with van der Waals surface area (Å²) in [6.45, 7) is 2.09. The molecule has 0 saturated carbocycles. The number of fused-ring (bicyclic) bond motifs is 1. The number of allylic oxidation sites excluding steroid dienone is 2. The van der Waals surface area contributed by atoms with Crippen molar-refractivity contribution < 1.29 is 18.0 Å². The number of carbonyl (C=O) groups is 2. The van der Waals surface area contributed by atoms with E-state index in [4.69, 9.17) is 15.8 Å². The summed E-state index contributed by atoms with van der Waals surface area (Å²) in [5.74, 6) is -1.07. The number of amides is 2. The van der Waals surface area contributed by atoms with Crippen LogP contribution < -0.4 is 0 Å². The largest absolute Gasteiger partial charge is 0.285 e. The van der Waals surface area contributed by atoms with Crippen molar-refractivity contribution in [2.45, 2.75) is 24.7 Å². The maximum Gasteiger partial charge on any atom is 0.233 e. The van der Waals surface area contributed by atoms with E-state index in [1.54, 1.807) is 18.2 Å². The fourth-order valence-electron chi connectivity index (χ4n) is 3.04. The summed E-state index contributed by atoms with van der Waals surface area (Å²) in [5.41, 5.74) is 1.07. The third-order valence-electron chi connectivity index (χ3n) is 4.38. The van der Waals surface area contributed by atoms with E-state index in [0.29, 0.717) is 22.8 Å². The van der Waals surface area contributed by atoms with Crippen molar-refractivity contribution in [2.75, 3.05) is 13.2 Å². The van der Waals surface area contributed by atoms with Crippen molar-refractivity contribution in [2.24, 2.45) is 11.8 Å². The first kappa shape index (κ1) is 17.3. The molecule has 0 unspecified atom stereocenters. The van der Waals surface area contributed by atoms with Crippen LogP contribution in [0.5, 0.6) is 0 Å². The van der Waals surface area contributed by atoms with Gasteiger partial charge in [-0.05, 0) is 31.9 Å². The molecule has 0 spiro atoms. The van der Waals surface area contributed by atoms with E-state index in [9.17, 15) is 13.8 Å². The van der Waals surface area contributed by atoms with Crippen molar-refractivity contribution in [3.8, 4) is 0 Å². The van der Waals surface area contributed by atoms with Gasteiger partial charge in [0.05, 0.1) is 29.9 Å². The number of rotatable bonds is 5. The molecule has 1 aliphatic carbocycles. The molecule has 1 heterocycles. The molecule has 1 aromatic rings. The topological polar surface area (TPSA) is 63.7 Å². The van der Waals surface area contributed by atoms with Crippen LogP contribution in [0.25, 0.3) is 0 Å². The summed E-state index contributed by atoms with van der Waals surface area (Å²) in [6, 6.07) is 7.18. The first-order valence-electron chi connectivity index (χ1n) is 7.79. The number of imide groups is 1. The number of aryl methyl sites for hydroxylation is 1. The van der Waals surface area contributed by atoms with Gasteiger partial charge >= 0.3 is 0 Å². The fraction of sp³-hybridized carbons (Fsp3) is 0.412. The van der Waals surface area contributed by atoms with Crippen molar-refractivity contribution in [3.05, 3.63) is 40.9 Å². The van der Waals surface area contributed by atoms with E-state index < -0.39 is 11.1 Å². The molecule has 3 rings (SSSR count). The van der Waals surface area contributed by atoms with E-state index in [0.717, 1.165) is 5.56 Å². The maximum absolute atomic E-state index is 12.4. The first-order chi connectivity index (χ1) is 11.5. The van der Waals surface area contributed by atoms with Crippen LogP contribution >= 0.6 is 11.6 Å². The van der Waals surface area contributed by atoms with Crippen LogP contribution in [0.4, 0.5) is 0 Å². The molecule has 1 aliphatic heterocycles. The number of nitrogens with zero attached hydrogens (tertiary/aromatic N) is 1. The summed E-state index contributed by atoms with van der Waals surface area (Å²) in [7, 11) is 0. The van der Waals surface area contributed by atoms with E-state index in [1.165, 1.54) is 4.90 Å².